The number of carbonyl (C=O) groups excluding carboxylic acids is 2. The van der Waals surface area contributed by atoms with Crippen LogP contribution in [0.5, 0.6) is 5.75 Å². The second-order valence-electron chi connectivity index (χ2n) is 11.5. The fourth-order valence-electron chi connectivity index (χ4n) is 5.84. The molecule has 5 rings (SSSR count). The Morgan fingerprint density at radius 2 is 1.49 bits per heavy atom. The number of hydrogen-bond donors (Lipinski definition) is 2. The highest BCUT2D eigenvalue weighted by Crippen LogP contribution is 2.34. The number of nitrogens with two attached hydrogens (primary N) is 1. The molecular weight excluding hydrogens is 587 g/mol. The van der Waals surface area contributed by atoms with Crippen LogP contribution >= 0.6 is 24.8 Å². The van der Waals surface area contributed by atoms with Gasteiger partial charge in [0.2, 0.25) is 5.60 Å². The lowest BCUT2D eigenvalue weighted by atomic mass is 9.78. The SMILES string of the molecule is Cl.Cl.NC1CC(CC(=O)COc2cccc([C@](O)(C(=O)OCC3CCN(Cc4ccccc4)CC3)c3ccccc3)c2)C1. The first kappa shape index (κ1) is 34.5. The van der Waals surface area contributed by atoms with Crippen LogP contribution in [0.15, 0.2) is 84.9 Å². The molecule has 1 saturated heterocycles. The molecule has 3 aromatic rings. The molecule has 1 aliphatic carbocycles. The normalized spacial score (nSPS) is 20.0. The van der Waals surface area contributed by atoms with E-state index in [1.54, 1.807) is 48.5 Å². The molecule has 2 fully saturated rings. The molecule has 232 valence electrons. The molecule has 1 aliphatic heterocycles. The Balaban J connectivity index is 0.00000253. The standard InChI is InChI=1S/C34H40N2O5.2ClH/c35-30-18-27(19-30)20-31(37)24-40-32-13-7-12-29(21-32)34(39,28-10-5-2-6-11-28)33(38)41-23-26-14-16-36(17-15-26)22-25-8-3-1-4-9-25;;/h1-13,21,26-27,30,39H,14-20,22-24,35H2;2*1H/t27?,30?,34-;;/m0../s1. The monoisotopic (exact) mass is 628 g/mol. The second-order valence-corrected chi connectivity index (χ2v) is 11.5. The zero-order chi connectivity index (χ0) is 28.7. The summed E-state index contributed by atoms with van der Waals surface area (Å²) in [5.74, 6) is 0.275. The van der Waals surface area contributed by atoms with Gasteiger partial charge in [-0.25, -0.2) is 4.79 Å². The van der Waals surface area contributed by atoms with Crippen LogP contribution in [0.25, 0.3) is 0 Å². The van der Waals surface area contributed by atoms with Gasteiger partial charge in [0.15, 0.2) is 5.78 Å². The Kier molecular flexibility index (Phi) is 13.0. The molecule has 0 unspecified atom stereocenters. The zero-order valence-corrected chi connectivity index (χ0v) is 25.9. The summed E-state index contributed by atoms with van der Waals surface area (Å²) in [6, 6.07) is 26.2. The molecule has 0 spiro atoms. The van der Waals surface area contributed by atoms with Crippen LogP contribution in [0.3, 0.4) is 0 Å². The van der Waals surface area contributed by atoms with Crippen molar-refractivity contribution in [3.63, 3.8) is 0 Å². The number of halogens is 2. The maximum Gasteiger partial charge on any atom is 0.347 e. The van der Waals surface area contributed by atoms with Crippen LogP contribution in [0.1, 0.15) is 48.8 Å². The molecule has 2 aliphatic rings. The molecular formula is C34H42Cl2N2O5. The van der Waals surface area contributed by atoms with Crippen molar-refractivity contribution < 1.29 is 24.2 Å². The minimum Gasteiger partial charge on any atom is -0.486 e. The van der Waals surface area contributed by atoms with Gasteiger partial charge in [-0.1, -0.05) is 72.8 Å². The Morgan fingerprint density at radius 3 is 2.14 bits per heavy atom. The maximum absolute atomic E-state index is 13.6. The summed E-state index contributed by atoms with van der Waals surface area (Å²) in [6.45, 7) is 2.98. The van der Waals surface area contributed by atoms with E-state index >= 15 is 0 Å². The van der Waals surface area contributed by atoms with Gasteiger partial charge in [-0.3, -0.25) is 9.69 Å². The Hall–Kier alpha value is -2.94. The molecule has 3 N–H and O–H groups in total. The van der Waals surface area contributed by atoms with Gasteiger partial charge in [0.05, 0.1) is 6.61 Å². The summed E-state index contributed by atoms with van der Waals surface area (Å²) in [7, 11) is 0. The van der Waals surface area contributed by atoms with E-state index in [4.69, 9.17) is 15.2 Å². The van der Waals surface area contributed by atoms with Crippen LogP contribution < -0.4 is 10.5 Å². The minimum atomic E-state index is -2.01. The van der Waals surface area contributed by atoms with E-state index in [0.717, 1.165) is 45.3 Å². The van der Waals surface area contributed by atoms with E-state index < -0.39 is 11.6 Å². The van der Waals surface area contributed by atoms with E-state index in [9.17, 15) is 14.7 Å². The first-order valence-corrected chi connectivity index (χ1v) is 14.6. The third kappa shape index (κ3) is 9.03. The predicted molar refractivity (Wildman–Crippen MR) is 172 cm³/mol. The van der Waals surface area contributed by atoms with Crippen molar-refractivity contribution >= 4 is 36.6 Å². The highest BCUT2D eigenvalue weighted by molar-refractivity contribution is 5.86. The molecule has 0 amide bonds. The van der Waals surface area contributed by atoms with Crippen molar-refractivity contribution in [2.45, 2.75) is 50.3 Å². The van der Waals surface area contributed by atoms with E-state index in [1.165, 1.54) is 5.56 Å². The molecule has 7 nitrogen and oxygen atoms in total. The summed E-state index contributed by atoms with van der Waals surface area (Å²) in [5.41, 5.74) is 5.86. The topological polar surface area (TPSA) is 102 Å². The average Bonchev–Trinajstić information content (AvgIpc) is 2.99. The van der Waals surface area contributed by atoms with Crippen molar-refractivity contribution in [1.29, 1.82) is 0 Å². The summed E-state index contributed by atoms with van der Waals surface area (Å²) in [5, 5.41) is 11.9. The van der Waals surface area contributed by atoms with Crippen LogP contribution in [0.2, 0.25) is 0 Å². The van der Waals surface area contributed by atoms with Crippen molar-refractivity contribution in [3.8, 4) is 5.75 Å². The number of Topliss-reactive ketones (excluding diaryl/α,β-unsaturated/α-hetero) is 1. The summed E-state index contributed by atoms with van der Waals surface area (Å²) in [6.07, 6.45) is 4.06. The quantitative estimate of drug-likeness (QED) is 0.263. The van der Waals surface area contributed by atoms with Crippen molar-refractivity contribution in [2.24, 2.45) is 17.6 Å². The summed E-state index contributed by atoms with van der Waals surface area (Å²) in [4.78, 5) is 28.4. The Morgan fingerprint density at radius 1 is 0.860 bits per heavy atom. The third-order valence-corrected chi connectivity index (χ3v) is 8.33. The van der Waals surface area contributed by atoms with E-state index in [0.29, 0.717) is 29.2 Å². The van der Waals surface area contributed by atoms with Crippen LogP contribution in [0.4, 0.5) is 0 Å². The number of nitrogens with zero attached hydrogens (tertiary/aromatic N) is 1. The van der Waals surface area contributed by atoms with Gasteiger partial charge in [0.1, 0.15) is 12.4 Å². The first-order chi connectivity index (χ1) is 19.9. The van der Waals surface area contributed by atoms with Crippen molar-refractivity contribution in [3.05, 3.63) is 102 Å². The van der Waals surface area contributed by atoms with Gasteiger partial charge in [-0.15, -0.1) is 24.8 Å². The van der Waals surface area contributed by atoms with Gasteiger partial charge in [0.25, 0.3) is 0 Å². The molecule has 0 aromatic heterocycles. The number of ketones is 1. The number of rotatable bonds is 12. The zero-order valence-electron chi connectivity index (χ0n) is 24.3. The molecule has 43 heavy (non-hydrogen) atoms. The number of hydrogen-bond acceptors (Lipinski definition) is 7. The van der Waals surface area contributed by atoms with E-state index in [1.807, 2.05) is 12.1 Å². The number of esters is 1. The minimum absolute atomic E-state index is 0. The fourth-order valence-corrected chi connectivity index (χ4v) is 5.84. The van der Waals surface area contributed by atoms with Gasteiger partial charge in [-0.2, -0.15) is 0 Å². The summed E-state index contributed by atoms with van der Waals surface area (Å²) < 4.78 is 11.6. The lowest BCUT2D eigenvalue weighted by Gasteiger charge is -2.33. The first-order valence-electron chi connectivity index (χ1n) is 14.6. The molecule has 0 bridgehead atoms. The molecule has 1 saturated carbocycles. The number of ether oxygens (including phenoxy) is 2. The lowest BCUT2D eigenvalue weighted by molar-refractivity contribution is -0.164. The van der Waals surface area contributed by atoms with E-state index in [-0.39, 0.29) is 55.8 Å². The number of piperidine rings is 1. The van der Waals surface area contributed by atoms with Crippen LogP contribution in [-0.4, -0.2) is 54.1 Å². The van der Waals surface area contributed by atoms with Gasteiger partial charge < -0.3 is 20.3 Å². The molecule has 0 radical (unpaired) electrons. The Bertz CT molecular complexity index is 1300. The van der Waals surface area contributed by atoms with Gasteiger partial charge >= 0.3 is 5.97 Å². The number of benzene rings is 3. The summed E-state index contributed by atoms with van der Waals surface area (Å²) >= 11 is 0. The van der Waals surface area contributed by atoms with E-state index in [2.05, 4.69) is 29.2 Å². The van der Waals surface area contributed by atoms with Crippen LogP contribution in [0, 0.1) is 11.8 Å². The molecule has 1 heterocycles. The molecule has 1 atom stereocenters. The highest BCUT2D eigenvalue weighted by atomic mass is 35.5. The van der Waals surface area contributed by atoms with Crippen molar-refractivity contribution in [1.82, 2.24) is 4.90 Å². The van der Waals surface area contributed by atoms with Crippen molar-refractivity contribution in [2.75, 3.05) is 26.3 Å². The second kappa shape index (κ2) is 16.2. The molecule has 3 aromatic carbocycles. The Labute approximate surface area is 266 Å². The maximum atomic E-state index is 13.6. The third-order valence-electron chi connectivity index (χ3n) is 8.33. The lowest BCUT2D eigenvalue weighted by Crippen LogP contribution is -2.40. The highest BCUT2D eigenvalue weighted by Gasteiger charge is 2.42. The number of aliphatic hydroxyl groups is 1. The largest absolute Gasteiger partial charge is 0.486 e. The molecule has 9 heteroatoms. The fraction of sp³-hybridized carbons (Fsp3) is 0.412. The van der Waals surface area contributed by atoms with Crippen LogP contribution in [-0.2, 0) is 26.5 Å². The number of likely N-dealkylation sites (tertiary alicyclic amines) is 1. The predicted octanol–water partition coefficient (Wildman–Crippen LogP) is 5.30. The smallest absolute Gasteiger partial charge is 0.347 e. The van der Waals surface area contributed by atoms with Gasteiger partial charge in [-0.05, 0) is 73.9 Å². The van der Waals surface area contributed by atoms with Gasteiger partial charge in [0, 0.05) is 24.6 Å². The number of carbonyl (C=O) groups is 2. The average molecular weight is 630 g/mol.